The minimum atomic E-state index is -2.26. The molecule has 11 nitrogen and oxygen atoms in total. The van der Waals surface area contributed by atoms with Gasteiger partial charge in [-0.2, -0.15) is 9.97 Å². The second-order valence-electron chi connectivity index (χ2n) is 5.51. The highest BCUT2D eigenvalue weighted by Crippen LogP contribution is 2.45. The number of anilines is 1. The Balaban J connectivity index is 1.76. The molecule has 132 valence electrons. The number of nitrogens with two attached hydrogens (primary N) is 1. The van der Waals surface area contributed by atoms with Gasteiger partial charge in [-0.15, -0.1) is 9.05 Å². The molecule has 5 atom stereocenters. The normalized spacial score (nSPS) is 30.4. The van der Waals surface area contributed by atoms with Crippen molar-refractivity contribution in [1.82, 2.24) is 19.5 Å². The molecule has 0 saturated carbocycles. The number of hydrogen-bond acceptors (Lipinski definition) is 10. The van der Waals surface area contributed by atoms with E-state index in [0.717, 1.165) is 0 Å². The Bertz CT molecular complexity index is 844. The summed E-state index contributed by atoms with van der Waals surface area (Å²) >= 11 is 0. The van der Waals surface area contributed by atoms with E-state index in [0.29, 0.717) is 24.1 Å². The van der Waals surface area contributed by atoms with E-state index < -0.39 is 32.6 Å². The van der Waals surface area contributed by atoms with Gasteiger partial charge in [0.15, 0.2) is 17.3 Å². The number of carbonyl (C=O) groups is 1. The van der Waals surface area contributed by atoms with E-state index in [1.165, 1.54) is 6.33 Å². The molecule has 2 aliphatic rings. The van der Waals surface area contributed by atoms with Crippen LogP contribution in [0.15, 0.2) is 6.33 Å². The lowest BCUT2D eigenvalue weighted by Gasteiger charge is -2.16. The monoisotopic (exact) mass is 368 g/mol. The molecular weight excluding hydrogens is 353 g/mol. The largest absolute Gasteiger partial charge is 0.697 e. The van der Waals surface area contributed by atoms with Crippen LogP contribution >= 0.6 is 8.25 Å². The fraction of sp³-hybridized carbons (Fsp3) is 0.538. The topological polar surface area (TPSA) is 141 Å². The van der Waals surface area contributed by atoms with Crippen molar-refractivity contribution < 1.29 is 27.9 Å². The van der Waals surface area contributed by atoms with Crippen LogP contribution in [0.3, 0.4) is 0 Å². The average Bonchev–Trinajstić information content (AvgIpc) is 3.15. The molecular formula is C13H15N5O6P+. The number of nitrogens with zero attached hydrogens (tertiary/aromatic N) is 4. The molecule has 0 amide bonds. The van der Waals surface area contributed by atoms with Crippen LogP contribution in [-0.2, 0) is 23.1 Å². The van der Waals surface area contributed by atoms with Crippen LogP contribution in [0.1, 0.15) is 13.2 Å². The number of carbonyl (C=O) groups excluding carboxylic acids is 1. The Kier molecular flexibility index (Phi) is 4.08. The summed E-state index contributed by atoms with van der Waals surface area (Å²) in [5, 5.41) is 0. The summed E-state index contributed by atoms with van der Waals surface area (Å²) < 4.78 is 34.6. The van der Waals surface area contributed by atoms with Crippen LogP contribution in [0.5, 0.6) is 5.88 Å². The Morgan fingerprint density at radius 1 is 1.52 bits per heavy atom. The fourth-order valence-electron chi connectivity index (χ4n) is 3.02. The molecule has 0 aliphatic carbocycles. The molecule has 5 unspecified atom stereocenters. The Morgan fingerprint density at radius 3 is 3.12 bits per heavy atom. The number of imidazole rings is 1. The summed E-state index contributed by atoms with van der Waals surface area (Å²) in [5.74, 6) is -0.431. The molecule has 12 heteroatoms. The third kappa shape index (κ3) is 2.65. The summed E-state index contributed by atoms with van der Waals surface area (Å²) in [4.78, 5) is 24.1. The van der Waals surface area contributed by atoms with Crippen LogP contribution in [0.25, 0.3) is 11.2 Å². The Hall–Kier alpha value is -2.20. The van der Waals surface area contributed by atoms with Crippen LogP contribution in [0, 0.1) is 5.92 Å². The van der Waals surface area contributed by atoms with Gasteiger partial charge < -0.3 is 20.0 Å². The van der Waals surface area contributed by atoms with E-state index in [1.54, 1.807) is 4.57 Å². The van der Waals surface area contributed by atoms with Crippen LogP contribution < -0.4 is 10.5 Å². The number of fused-ring (bicyclic) bond motifs is 2. The highest BCUT2D eigenvalue weighted by atomic mass is 31.1. The van der Waals surface area contributed by atoms with Crippen molar-refractivity contribution in [3.8, 4) is 5.88 Å². The SMILES string of the molecule is CCOc1nc(N)nc2c1ncn2C1OC2CO[P+](=O)OC2C1C=O. The minimum absolute atomic E-state index is 0.0124. The minimum Gasteiger partial charge on any atom is -0.476 e. The summed E-state index contributed by atoms with van der Waals surface area (Å²) in [6, 6.07) is 0. The molecule has 2 aromatic rings. The van der Waals surface area contributed by atoms with Gasteiger partial charge in [-0.05, 0) is 6.92 Å². The van der Waals surface area contributed by atoms with Crippen LogP contribution in [0.2, 0.25) is 0 Å². The van der Waals surface area contributed by atoms with Gasteiger partial charge in [0, 0.05) is 4.57 Å². The van der Waals surface area contributed by atoms with Gasteiger partial charge in [0.25, 0.3) is 0 Å². The van der Waals surface area contributed by atoms with Crippen molar-refractivity contribution >= 4 is 31.7 Å². The zero-order valence-corrected chi connectivity index (χ0v) is 14.0. The van der Waals surface area contributed by atoms with Gasteiger partial charge in [0.05, 0.1) is 18.9 Å². The number of nitrogen functional groups attached to an aromatic ring is 1. The Labute approximate surface area is 142 Å². The van der Waals surface area contributed by atoms with E-state index in [1.807, 2.05) is 6.92 Å². The van der Waals surface area contributed by atoms with Gasteiger partial charge in [-0.3, -0.25) is 4.57 Å². The standard InChI is InChI=1S/C13H15N5O6P/c1-2-21-11-8-10(16-13(14)17-11)18(5-15-8)12-6(3-19)9-7(23-12)4-22-25(20)24-9/h3,5-7,9,12H,2,4H2,1H3,(H2,14,16,17)/q+1. The molecule has 0 bridgehead atoms. The third-order valence-corrected chi connectivity index (χ3v) is 4.84. The van der Waals surface area contributed by atoms with E-state index in [9.17, 15) is 9.36 Å². The molecule has 4 rings (SSSR count). The molecule has 0 radical (unpaired) electrons. The van der Waals surface area contributed by atoms with Crippen LogP contribution in [0.4, 0.5) is 5.95 Å². The molecule has 2 N–H and O–H groups in total. The molecule has 4 heterocycles. The number of rotatable bonds is 4. The summed E-state index contributed by atoms with van der Waals surface area (Å²) in [6.07, 6.45) is 0.259. The smallest absolute Gasteiger partial charge is 0.476 e. The second kappa shape index (κ2) is 6.26. The van der Waals surface area contributed by atoms with Gasteiger partial charge in [0.2, 0.25) is 11.8 Å². The van der Waals surface area contributed by atoms with Crippen molar-refractivity contribution in [3.63, 3.8) is 0 Å². The first-order chi connectivity index (χ1) is 12.1. The molecule has 25 heavy (non-hydrogen) atoms. The summed E-state index contributed by atoms with van der Waals surface area (Å²) in [6.45, 7) is 2.28. The average molecular weight is 368 g/mol. The quantitative estimate of drug-likeness (QED) is 0.602. The predicted octanol–water partition coefficient (Wildman–Crippen LogP) is 0.592. The lowest BCUT2D eigenvalue weighted by Crippen LogP contribution is -2.35. The summed E-state index contributed by atoms with van der Waals surface area (Å²) in [5.41, 5.74) is 6.52. The highest BCUT2D eigenvalue weighted by Gasteiger charge is 2.55. The van der Waals surface area contributed by atoms with E-state index in [-0.39, 0.29) is 18.4 Å². The third-order valence-electron chi connectivity index (χ3n) is 4.06. The molecule has 2 fully saturated rings. The molecule has 0 spiro atoms. The van der Waals surface area contributed by atoms with Crippen molar-refractivity contribution in [2.24, 2.45) is 5.92 Å². The zero-order chi connectivity index (χ0) is 17.6. The van der Waals surface area contributed by atoms with Crippen molar-refractivity contribution in [2.75, 3.05) is 18.9 Å². The maximum Gasteiger partial charge on any atom is 0.697 e. The molecule has 0 aromatic carbocycles. The van der Waals surface area contributed by atoms with E-state index in [2.05, 4.69) is 15.0 Å². The van der Waals surface area contributed by atoms with Gasteiger partial charge in [-0.1, -0.05) is 0 Å². The van der Waals surface area contributed by atoms with E-state index in [4.69, 9.17) is 24.3 Å². The van der Waals surface area contributed by atoms with Gasteiger partial charge >= 0.3 is 8.25 Å². The first kappa shape index (κ1) is 16.3. The van der Waals surface area contributed by atoms with Crippen molar-refractivity contribution in [1.29, 1.82) is 0 Å². The van der Waals surface area contributed by atoms with Crippen molar-refractivity contribution in [3.05, 3.63) is 6.33 Å². The number of aldehydes is 1. The number of ether oxygens (including phenoxy) is 2. The first-order valence-electron chi connectivity index (χ1n) is 7.63. The number of hydrogen-bond donors (Lipinski definition) is 1. The summed E-state index contributed by atoms with van der Waals surface area (Å²) in [7, 11) is -2.26. The second-order valence-corrected chi connectivity index (χ2v) is 6.43. The fourth-order valence-corrected chi connectivity index (χ4v) is 3.82. The maximum atomic E-state index is 11.6. The van der Waals surface area contributed by atoms with Crippen LogP contribution in [-0.4, -0.2) is 51.2 Å². The number of aromatic nitrogens is 4. The maximum absolute atomic E-state index is 11.6. The molecule has 2 aliphatic heterocycles. The first-order valence-corrected chi connectivity index (χ1v) is 8.72. The van der Waals surface area contributed by atoms with Crippen molar-refractivity contribution in [2.45, 2.75) is 25.4 Å². The lowest BCUT2D eigenvalue weighted by atomic mass is 10.0. The lowest BCUT2D eigenvalue weighted by molar-refractivity contribution is -0.115. The van der Waals surface area contributed by atoms with Gasteiger partial charge in [0.1, 0.15) is 25.2 Å². The highest BCUT2D eigenvalue weighted by molar-refractivity contribution is 7.33. The zero-order valence-electron chi connectivity index (χ0n) is 13.1. The van der Waals surface area contributed by atoms with Gasteiger partial charge in [-0.25, -0.2) is 4.98 Å². The molecule has 2 aromatic heterocycles. The van der Waals surface area contributed by atoms with E-state index >= 15 is 0 Å². The Morgan fingerprint density at radius 2 is 2.36 bits per heavy atom. The predicted molar refractivity (Wildman–Crippen MR) is 82.8 cm³/mol. The molecule has 2 saturated heterocycles.